The van der Waals surface area contributed by atoms with E-state index in [1.54, 1.807) is 12.0 Å². The van der Waals surface area contributed by atoms with Crippen molar-refractivity contribution in [3.05, 3.63) is 35.5 Å². The van der Waals surface area contributed by atoms with E-state index >= 15 is 0 Å². The van der Waals surface area contributed by atoms with Crippen molar-refractivity contribution < 1.29 is 19.4 Å². The lowest BCUT2D eigenvalue weighted by molar-refractivity contribution is -0.143. The third-order valence-electron chi connectivity index (χ3n) is 5.32. The van der Waals surface area contributed by atoms with Gasteiger partial charge in [0.05, 0.1) is 24.1 Å². The van der Waals surface area contributed by atoms with Crippen LogP contribution in [0.3, 0.4) is 0 Å². The first-order valence-corrected chi connectivity index (χ1v) is 9.07. The van der Waals surface area contributed by atoms with Crippen LogP contribution in [0.1, 0.15) is 47.7 Å². The van der Waals surface area contributed by atoms with Crippen molar-refractivity contribution in [1.29, 1.82) is 0 Å². The highest BCUT2D eigenvalue weighted by Crippen LogP contribution is 2.40. The molecule has 6 nitrogen and oxygen atoms in total. The second kappa shape index (κ2) is 6.59. The Kier molecular flexibility index (Phi) is 4.26. The van der Waals surface area contributed by atoms with Gasteiger partial charge in [0.1, 0.15) is 5.75 Å². The number of aromatic nitrogens is 1. The average molecular weight is 354 g/mol. The first kappa shape index (κ1) is 16.8. The maximum Gasteiger partial charge on any atom is 0.308 e. The molecule has 136 valence electrons. The fraction of sp³-hybridized carbons (Fsp3) is 0.450. The van der Waals surface area contributed by atoms with Crippen LogP contribution in [-0.2, 0) is 4.79 Å². The number of aliphatic carboxylic acids is 1. The van der Waals surface area contributed by atoms with E-state index in [-0.39, 0.29) is 12.5 Å². The molecule has 1 atom stereocenters. The van der Waals surface area contributed by atoms with Crippen LogP contribution in [0.15, 0.2) is 24.3 Å². The predicted octanol–water partition coefficient (Wildman–Crippen LogP) is 3.06. The number of benzene rings is 1. The Morgan fingerprint density at radius 1 is 1.23 bits per heavy atom. The Morgan fingerprint density at radius 3 is 2.73 bits per heavy atom. The zero-order valence-corrected chi connectivity index (χ0v) is 14.8. The van der Waals surface area contributed by atoms with Crippen LogP contribution in [0.25, 0.3) is 10.9 Å². The van der Waals surface area contributed by atoms with Gasteiger partial charge in [-0.3, -0.25) is 14.6 Å². The lowest BCUT2D eigenvalue weighted by atomic mass is 9.96. The molecular formula is C20H22N2O4. The zero-order valence-electron chi connectivity index (χ0n) is 14.8. The molecule has 1 saturated heterocycles. The summed E-state index contributed by atoms with van der Waals surface area (Å²) in [4.78, 5) is 31.0. The number of rotatable bonds is 4. The van der Waals surface area contributed by atoms with Crippen LogP contribution < -0.4 is 4.74 Å². The van der Waals surface area contributed by atoms with Gasteiger partial charge < -0.3 is 14.7 Å². The summed E-state index contributed by atoms with van der Waals surface area (Å²) in [6, 6.07) is 7.46. The molecule has 26 heavy (non-hydrogen) atoms. The van der Waals surface area contributed by atoms with E-state index in [2.05, 4.69) is 0 Å². The number of piperidine rings is 1. The van der Waals surface area contributed by atoms with Crippen molar-refractivity contribution in [2.75, 3.05) is 20.2 Å². The molecule has 2 aromatic rings. The normalized spacial score (nSPS) is 20.2. The number of carboxylic acids is 1. The molecule has 2 aliphatic rings. The Balaban J connectivity index is 1.75. The third-order valence-corrected chi connectivity index (χ3v) is 5.32. The van der Waals surface area contributed by atoms with Gasteiger partial charge >= 0.3 is 5.97 Å². The Morgan fingerprint density at radius 2 is 2.04 bits per heavy atom. The minimum Gasteiger partial charge on any atom is -0.497 e. The van der Waals surface area contributed by atoms with Gasteiger partial charge in [-0.2, -0.15) is 0 Å². The number of pyridine rings is 1. The minimum atomic E-state index is -0.831. The molecule has 4 rings (SSSR count). The van der Waals surface area contributed by atoms with Gasteiger partial charge in [0, 0.05) is 30.1 Å². The molecule has 1 amide bonds. The fourth-order valence-corrected chi connectivity index (χ4v) is 3.65. The maximum absolute atomic E-state index is 13.2. The Hall–Kier alpha value is -2.63. The average Bonchev–Trinajstić information content (AvgIpc) is 3.51. The van der Waals surface area contributed by atoms with Crippen molar-refractivity contribution in [1.82, 2.24) is 9.88 Å². The number of fused-ring (bicyclic) bond motifs is 1. The van der Waals surface area contributed by atoms with E-state index in [9.17, 15) is 14.7 Å². The summed E-state index contributed by atoms with van der Waals surface area (Å²) in [5.74, 6) is -0.324. The van der Waals surface area contributed by atoms with Crippen molar-refractivity contribution in [2.24, 2.45) is 5.92 Å². The van der Waals surface area contributed by atoms with Crippen molar-refractivity contribution in [3.8, 4) is 5.75 Å². The van der Waals surface area contributed by atoms with Crippen LogP contribution in [0.4, 0.5) is 0 Å². The van der Waals surface area contributed by atoms with Gasteiger partial charge in [-0.15, -0.1) is 0 Å². The highest BCUT2D eigenvalue weighted by atomic mass is 16.5. The molecule has 0 bridgehead atoms. The maximum atomic E-state index is 13.2. The van der Waals surface area contributed by atoms with Gasteiger partial charge in [0.15, 0.2) is 0 Å². The number of nitrogens with zero attached hydrogens (tertiary/aromatic N) is 2. The van der Waals surface area contributed by atoms with E-state index in [1.807, 2.05) is 24.3 Å². The second-order valence-electron chi connectivity index (χ2n) is 7.18. The quantitative estimate of drug-likeness (QED) is 0.913. The summed E-state index contributed by atoms with van der Waals surface area (Å²) < 4.78 is 5.31. The zero-order chi connectivity index (χ0) is 18.3. The van der Waals surface area contributed by atoms with Gasteiger partial charge in [0.25, 0.3) is 5.91 Å². The molecule has 1 N–H and O–H groups in total. The molecular weight excluding hydrogens is 332 g/mol. The van der Waals surface area contributed by atoms with E-state index in [4.69, 9.17) is 9.72 Å². The molecule has 1 aromatic carbocycles. The smallest absolute Gasteiger partial charge is 0.308 e. The Bertz CT molecular complexity index is 875. The van der Waals surface area contributed by atoms with Crippen LogP contribution in [0.5, 0.6) is 5.75 Å². The summed E-state index contributed by atoms with van der Waals surface area (Å²) in [5.41, 5.74) is 2.34. The monoisotopic (exact) mass is 354 g/mol. The topological polar surface area (TPSA) is 79.7 Å². The van der Waals surface area contributed by atoms with E-state index in [1.165, 1.54) is 0 Å². The van der Waals surface area contributed by atoms with Crippen molar-refractivity contribution in [3.63, 3.8) is 0 Å². The van der Waals surface area contributed by atoms with E-state index < -0.39 is 11.9 Å². The summed E-state index contributed by atoms with van der Waals surface area (Å²) in [7, 11) is 1.59. The summed E-state index contributed by atoms with van der Waals surface area (Å²) in [6.45, 7) is 0.857. The molecule has 2 fully saturated rings. The standard InChI is InChI=1S/C20H22N2O4/c1-26-14-6-7-17-15(9-14)16(10-18(21-17)12-4-5-12)19(23)22-8-2-3-13(11-22)20(24)25/h6-7,9-10,12-13H,2-5,8,11H2,1H3,(H,24,25). The third kappa shape index (κ3) is 3.11. The second-order valence-corrected chi connectivity index (χ2v) is 7.18. The fourth-order valence-electron chi connectivity index (χ4n) is 3.65. The summed E-state index contributed by atoms with van der Waals surface area (Å²) in [5, 5.41) is 10.1. The molecule has 6 heteroatoms. The van der Waals surface area contributed by atoms with Crippen molar-refractivity contribution >= 4 is 22.8 Å². The number of carboxylic acid groups (broad SMARTS) is 1. The molecule has 1 aromatic heterocycles. The van der Waals surface area contributed by atoms with Crippen LogP contribution in [-0.4, -0.2) is 47.1 Å². The summed E-state index contributed by atoms with van der Waals surface area (Å²) >= 11 is 0. The number of hydrogen-bond donors (Lipinski definition) is 1. The lowest BCUT2D eigenvalue weighted by Crippen LogP contribution is -2.42. The first-order valence-electron chi connectivity index (χ1n) is 9.07. The first-order chi connectivity index (χ1) is 12.6. The molecule has 1 saturated carbocycles. The Labute approximate surface area is 151 Å². The lowest BCUT2D eigenvalue weighted by Gasteiger charge is -2.31. The molecule has 0 spiro atoms. The number of hydrogen-bond acceptors (Lipinski definition) is 4. The molecule has 2 heterocycles. The van der Waals surface area contributed by atoms with Gasteiger partial charge in [-0.1, -0.05) is 0 Å². The molecule has 0 radical (unpaired) electrons. The van der Waals surface area contributed by atoms with Crippen LogP contribution >= 0.6 is 0 Å². The molecule has 1 unspecified atom stereocenters. The van der Waals surface area contributed by atoms with Gasteiger partial charge in [-0.05, 0) is 49.9 Å². The number of methoxy groups -OCH3 is 1. The van der Waals surface area contributed by atoms with E-state index in [0.29, 0.717) is 36.6 Å². The predicted molar refractivity (Wildman–Crippen MR) is 96.5 cm³/mol. The molecule has 1 aliphatic carbocycles. The largest absolute Gasteiger partial charge is 0.497 e. The van der Waals surface area contributed by atoms with Gasteiger partial charge in [0.2, 0.25) is 0 Å². The van der Waals surface area contributed by atoms with Gasteiger partial charge in [-0.25, -0.2) is 0 Å². The summed E-state index contributed by atoms with van der Waals surface area (Å²) in [6.07, 6.45) is 3.54. The molecule has 1 aliphatic heterocycles. The number of amides is 1. The highest BCUT2D eigenvalue weighted by Gasteiger charge is 2.31. The number of ether oxygens (including phenoxy) is 1. The SMILES string of the molecule is COc1ccc2nc(C3CC3)cc(C(=O)N3CCCC(C(=O)O)C3)c2c1. The van der Waals surface area contributed by atoms with Crippen LogP contribution in [0.2, 0.25) is 0 Å². The van der Waals surface area contributed by atoms with Crippen LogP contribution in [0, 0.1) is 5.92 Å². The number of likely N-dealkylation sites (tertiary alicyclic amines) is 1. The van der Waals surface area contributed by atoms with Crippen molar-refractivity contribution in [2.45, 2.75) is 31.6 Å². The number of carbonyl (C=O) groups is 2. The number of carbonyl (C=O) groups excluding carboxylic acids is 1. The minimum absolute atomic E-state index is 0.112. The van der Waals surface area contributed by atoms with E-state index in [0.717, 1.165) is 29.4 Å². The highest BCUT2D eigenvalue weighted by molar-refractivity contribution is 6.06.